The summed E-state index contributed by atoms with van der Waals surface area (Å²) in [7, 11) is 0. The van der Waals surface area contributed by atoms with Gasteiger partial charge in [-0.25, -0.2) is 0 Å². The van der Waals surface area contributed by atoms with E-state index in [1.807, 2.05) is 0 Å². The molecule has 0 saturated heterocycles. The quantitative estimate of drug-likeness (QED) is 0.606. The van der Waals surface area contributed by atoms with Crippen LogP contribution in [0, 0.1) is 6.20 Å². The van der Waals surface area contributed by atoms with Crippen LogP contribution in [0.25, 0.3) is 0 Å². The zero-order valence-corrected chi connectivity index (χ0v) is 7.85. The molecule has 0 aliphatic carbocycles. The van der Waals surface area contributed by atoms with Crippen LogP contribution in [0.4, 0.5) is 39.5 Å². The maximum Gasteiger partial charge on any atom is 0.423 e. The fraction of sp³-hybridized carbons (Fsp3) is 0.375. The van der Waals surface area contributed by atoms with E-state index in [9.17, 15) is 39.5 Å². The second kappa shape index (κ2) is 4.02. The number of allylic oxidation sites excluding steroid dienone is 3. The molecule has 0 spiro atoms. The van der Waals surface area contributed by atoms with Crippen molar-refractivity contribution in [3.63, 3.8) is 0 Å². The zero-order chi connectivity index (χ0) is 14.4. The number of hydrogen-bond acceptors (Lipinski definition) is 1. The highest BCUT2D eigenvalue weighted by Crippen LogP contribution is 2.44. The van der Waals surface area contributed by atoms with Gasteiger partial charge in [-0.2, -0.15) is 39.5 Å². The number of halogens is 9. The molecule has 1 rings (SSSR count). The lowest BCUT2D eigenvalue weighted by Gasteiger charge is -2.18. The summed E-state index contributed by atoms with van der Waals surface area (Å²) >= 11 is 0. The molecule has 10 heteroatoms. The van der Waals surface area contributed by atoms with Gasteiger partial charge in [0.05, 0.1) is 10.6 Å². The lowest BCUT2D eigenvalue weighted by atomic mass is 9.98. The van der Waals surface area contributed by atoms with Gasteiger partial charge in [-0.3, -0.25) is 0 Å². The molecule has 0 N–H and O–H groups in total. The van der Waals surface area contributed by atoms with Gasteiger partial charge < -0.3 is 0 Å². The Bertz CT molecular complexity index is 429. The van der Waals surface area contributed by atoms with Crippen molar-refractivity contribution >= 4 is 6.21 Å². The van der Waals surface area contributed by atoms with Gasteiger partial charge in [-0.05, 0) is 0 Å². The van der Waals surface area contributed by atoms with E-state index in [0.717, 1.165) is 12.4 Å². The summed E-state index contributed by atoms with van der Waals surface area (Å²) < 4.78 is 110. The first-order valence-electron chi connectivity index (χ1n) is 3.90. The van der Waals surface area contributed by atoms with Gasteiger partial charge >= 0.3 is 30.9 Å². The molecule has 0 amide bonds. The molecule has 1 aliphatic heterocycles. The standard InChI is InChI=1S/C8F9N/c9-6(10,11)3-1-18-2-4(7(12,13)14)5(3)8(15,16)17/q+1. The molecule has 3 radical (unpaired) electrons. The van der Waals surface area contributed by atoms with E-state index < -0.39 is 35.2 Å². The van der Waals surface area contributed by atoms with Crippen molar-refractivity contribution in [3.8, 4) is 0 Å². The fourth-order valence-corrected chi connectivity index (χ4v) is 1.07. The predicted octanol–water partition coefficient (Wildman–Crippen LogP) is 2.95. The Kier molecular flexibility index (Phi) is 3.26. The third kappa shape index (κ3) is 2.85. The third-order valence-electron chi connectivity index (χ3n) is 1.69. The minimum Gasteiger partial charge on any atom is -0.166 e. The SMILES string of the molecule is FC(F)(F)C1=[C][N+]=[C]C(C(F)(F)F)=C1C(F)(F)F. The maximum atomic E-state index is 12.3. The van der Waals surface area contributed by atoms with Crippen LogP contribution in [0.5, 0.6) is 0 Å². The first-order valence-corrected chi connectivity index (χ1v) is 3.90. The number of rotatable bonds is 0. The highest BCUT2D eigenvalue weighted by atomic mass is 19.4. The van der Waals surface area contributed by atoms with E-state index >= 15 is 0 Å². The van der Waals surface area contributed by atoms with Crippen LogP contribution in [-0.4, -0.2) is 24.7 Å². The molecule has 1 heterocycles. The van der Waals surface area contributed by atoms with Gasteiger partial charge in [0.2, 0.25) is 0 Å². The molecule has 0 aromatic heterocycles. The van der Waals surface area contributed by atoms with Gasteiger partial charge in [-0.15, -0.1) is 0 Å². The summed E-state index contributed by atoms with van der Waals surface area (Å²) in [6, 6.07) is 0. The first-order chi connectivity index (χ1) is 7.85. The van der Waals surface area contributed by atoms with Gasteiger partial charge in [-0.1, -0.05) is 0 Å². The third-order valence-corrected chi connectivity index (χ3v) is 1.69. The molecule has 0 unspecified atom stereocenters. The Hall–Kier alpha value is -1.48. The lowest BCUT2D eigenvalue weighted by molar-refractivity contribution is -0.127. The van der Waals surface area contributed by atoms with Crippen molar-refractivity contribution in [1.29, 1.82) is 0 Å². The van der Waals surface area contributed by atoms with E-state index in [0.29, 0.717) is 0 Å². The molecule has 0 bridgehead atoms. The lowest BCUT2D eigenvalue weighted by Crippen LogP contribution is -2.32. The molecule has 18 heavy (non-hydrogen) atoms. The topological polar surface area (TPSA) is 14.1 Å². The Labute approximate surface area is 93.3 Å². The van der Waals surface area contributed by atoms with Crippen LogP contribution in [-0.2, 0) is 0 Å². The van der Waals surface area contributed by atoms with E-state index in [2.05, 4.69) is 4.99 Å². The normalized spacial score (nSPS) is 18.2. The Morgan fingerprint density at radius 3 is 1.56 bits per heavy atom. The summed E-state index contributed by atoms with van der Waals surface area (Å²) in [4.78, 5) is 2.30. The summed E-state index contributed by atoms with van der Waals surface area (Å²) in [5.74, 6) is 0. The van der Waals surface area contributed by atoms with E-state index in [1.165, 1.54) is 0 Å². The molecule has 0 saturated carbocycles. The number of hydrogen-bond donors (Lipinski definition) is 0. The first kappa shape index (κ1) is 14.6. The van der Waals surface area contributed by atoms with Crippen molar-refractivity contribution < 1.29 is 39.5 Å². The molecular formula is C8F9N+. The monoisotopic (exact) mass is 281 g/mol. The van der Waals surface area contributed by atoms with Crippen LogP contribution >= 0.6 is 0 Å². The second-order valence-corrected chi connectivity index (χ2v) is 2.95. The zero-order valence-electron chi connectivity index (χ0n) is 7.85. The number of aliphatic imine (C=N–C) groups is 1. The summed E-state index contributed by atoms with van der Waals surface area (Å²) in [6.07, 6.45) is -15.5. The Morgan fingerprint density at radius 1 is 0.722 bits per heavy atom. The fourth-order valence-electron chi connectivity index (χ4n) is 1.07. The average Bonchev–Trinajstić information content (AvgIpc) is 2.12. The highest BCUT2D eigenvalue weighted by Gasteiger charge is 2.57. The molecule has 0 aromatic rings. The number of alkyl halides is 9. The van der Waals surface area contributed by atoms with Crippen molar-refractivity contribution in [2.45, 2.75) is 18.5 Å². The van der Waals surface area contributed by atoms with Crippen molar-refractivity contribution in [1.82, 2.24) is 4.99 Å². The Balaban J connectivity index is 3.56. The molecule has 1 nitrogen and oxygen atoms in total. The van der Waals surface area contributed by atoms with E-state index in [4.69, 9.17) is 0 Å². The predicted molar refractivity (Wildman–Crippen MR) is 39.1 cm³/mol. The highest BCUT2D eigenvalue weighted by molar-refractivity contribution is 5.84. The van der Waals surface area contributed by atoms with Crippen molar-refractivity contribution in [2.24, 2.45) is 0 Å². The largest absolute Gasteiger partial charge is 0.423 e. The average molecular weight is 281 g/mol. The summed E-state index contributed by atoms with van der Waals surface area (Å²) in [5, 5.41) is 0. The molecule has 0 aromatic carbocycles. The summed E-state index contributed by atoms with van der Waals surface area (Å²) in [6.45, 7) is 0. The van der Waals surface area contributed by atoms with Crippen LogP contribution in [0.3, 0.4) is 0 Å². The molecule has 99 valence electrons. The summed E-state index contributed by atoms with van der Waals surface area (Å²) in [5.41, 5.74) is -8.14. The van der Waals surface area contributed by atoms with Crippen LogP contribution in [0.1, 0.15) is 0 Å². The molecule has 1 aliphatic rings. The van der Waals surface area contributed by atoms with Crippen molar-refractivity contribution in [3.05, 3.63) is 22.9 Å². The molecule has 0 fully saturated rings. The smallest absolute Gasteiger partial charge is 0.166 e. The second-order valence-electron chi connectivity index (χ2n) is 2.95. The van der Waals surface area contributed by atoms with Crippen LogP contribution in [0.15, 0.2) is 16.7 Å². The van der Waals surface area contributed by atoms with Gasteiger partial charge in [0, 0.05) is 0 Å². The van der Waals surface area contributed by atoms with Crippen LogP contribution < -0.4 is 4.99 Å². The Morgan fingerprint density at radius 2 is 1.22 bits per heavy atom. The maximum absolute atomic E-state index is 12.3. The molecular weight excluding hydrogens is 281 g/mol. The minimum absolute atomic E-state index is 0.845. The molecule has 0 atom stereocenters. The van der Waals surface area contributed by atoms with Crippen molar-refractivity contribution in [2.75, 3.05) is 0 Å². The van der Waals surface area contributed by atoms with Gasteiger partial charge in [0.1, 0.15) is 0 Å². The minimum atomic E-state index is -5.86. The van der Waals surface area contributed by atoms with Gasteiger partial charge in [0.25, 0.3) is 0 Å². The van der Waals surface area contributed by atoms with Gasteiger partial charge in [0.15, 0.2) is 11.1 Å². The van der Waals surface area contributed by atoms with E-state index in [-0.39, 0.29) is 0 Å². The van der Waals surface area contributed by atoms with Crippen LogP contribution in [0.2, 0.25) is 0 Å². The number of nitrogens with zero attached hydrogens (tertiary/aromatic N) is 1. The van der Waals surface area contributed by atoms with E-state index in [1.54, 1.807) is 0 Å².